The van der Waals surface area contributed by atoms with Crippen molar-refractivity contribution >= 4 is 11.8 Å². The second kappa shape index (κ2) is 4.36. The summed E-state index contributed by atoms with van der Waals surface area (Å²) in [6.45, 7) is 7.38. The standard InChI is InChI=1S/C10H19N3S/c1-8(11)9-5-12-7-13(9)6-10(2,3)14-4/h5,7-8H,6,11H2,1-4H3/t8-/m1/s1. The molecule has 0 unspecified atom stereocenters. The fraction of sp³-hybridized carbons (Fsp3) is 0.700. The monoisotopic (exact) mass is 213 g/mol. The van der Waals surface area contributed by atoms with Gasteiger partial charge in [-0.15, -0.1) is 0 Å². The lowest BCUT2D eigenvalue weighted by Crippen LogP contribution is -2.24. The van der Waals surface area contributed by atoms with Crippen LogP contribution in [0.4, 0.5) is 0 Å². The fourth-order valence-corrected chi connectivity index (χ4v) is 1.59. The first-order chi connectivity index (χ1) is 6.46. The van der Waals surface area contributed by atoms with Crippen molar-refractivity contribution in [3.05, 3.63) is 18.2 Å². The number of hydrogen-bond donors (Lipinski definition) is 1. The highest BCUT2D eigenvalue weighted by Crippen LogP contribution is 2.24. The van der Waals surface area contributed by atoms with Gasteiger partial charge in [0.15, 0.2) is 0 Å². The van der Waals surface area contributed by atoms with Gasteiger partial charge in [0.05, 0.1) is 12.0 Å². The van der Waals surface area contributed by atoms with Crippen molar-refractivity contribution in [2.75, 3.05) is 6.26 Å². The van der Waals surface area contributed by atoms with E-state index in [1.807, 2.05) is 31.2 Å². The van der Waals surface area contributed by atoms with Gasteiger partial charge >= 0.3 is 0 Å². The molecule has 4 heteroatoms. The van der Waals surface area contributed by atoms with Gasteiger partial charge in [0, 0.05) is 23.5 Å². The van der Waals surface area contributed by atoms with Crippen LogP contribution in [0.3, 0.4) is 0 Å². The van der Waals surface area contributed by atoms with E-state index < -0.39 is 0 Å². The Hall–Kier alpha value is -0.480. The topological polar surface area (TPSA) is 43.8 Å². The number of thioether (sulfide) groups is 1. The van der Waals surface area contributed by atoms with Gasteiger partial charge in [-0.3, -0.25) is 0 Å². The van der Waals surface area contributed by atoms with E-state index in [1.54, 1.807) is 0 Å². The summed E-state index contributed by atoms with van der Waals surface area (Å²) in [5.74, 6) is 0. The first kappa shape index (κ1) is 11.6. The van der Waals surface area contributed by atoms with Crippen LogP contribution >= 0.6 is 11.8 Å². The van der Waals surface area contributed by atoms with E-state index in [-0.39, 0.29) is 10.8 Å². The minimum Gasteiger partial charge on any atom is -0.332 e. The Morgan fingerprint density at radius 3 is 2.79 bits per heavy atom. The van der Waals surface area contributed by atoms with Crippen LogP contribution in [-0.4, -0.2) is 20.6 Å². The molecule has 3 nitrogen and oxygen atoms in total. The number of hydrogen-bond acceptors (Lipinski definition) is 3. The number of rotatable bonds is 4. The van der Waals surface area contributed by atoms with Crippen LogP contribution in [-0.2, 0) is 6.54 Å². The Bertz CT molecular complexity index is 291. The van der Waals surface area contributed by atoms with Crippen LogP contribution in [0, 0.1) is 0 Å². The summed E-state index contributed by atoms with van der Waals surface area (Å²) < 4.78 is 2.37. The van der Waals surface area contributed by atoms with Crippen LogP contribution in [0.5, 0.6) is 0 Å². The summed E-state index contributed by atoms with van der Waals surface area (Å²) in [5, 5.41) is 0. The third-order valence-electron chi connectivity index (χ3n) is 2.31. The van der Waals surface area contributed by atoms with Gasteiger partial charge in [-0.2, -0.15) is 11.8 Å². The maximum absolute atomic E-state index is 5.85. The van der Waals surface area contributed by atoms with Gasteiger partial charge in [-0.25, -0.2) is 4.98 Å². The highest BCUT2D eigenvalue weighted by atomic mass is 32.2. The van der Waals surface area contributed by atoms with E-state index >= 15 is 0 Å². The molecule has 0 aromatic carbocycles. The van der Waals surface area contributed by atoms with E-state index in [9.17, 15) is 0 Å². The lowest BCUT2D eigenvalue weighted by molar-refractivity contribution is 0.537. The molecule has 0 amide bonds. The summed E-state index contributed by atoms with van der Waals surface area (Å²) in [4.78, 5) is 4.14. The Morgan fingerprint density at radius 1 is 1.64 bits per heavy atom. The van der Waals surface area contributed by atoms with E-state index in [2.05, 4.69) is 29.7 Å². The SMILES string of the molecule is CSC(C)(C)Cn1cncc1[C@@H](C)N. The first-order valence-corrected chi connectivity index (χ1v) is 5.99. The molecule has 2 N–H and O–H groups in total. The van der Waals surface area contributed by atoms with Gasteiger partial charge in [-0.05, 0) is 27.0 Å². The first-order valence-electron chi connectivity index (χ1n) is 4.77. The van der Waals surface area contributed by atoms with Crippen molar-refractivity contribution in [1.29, 1.82) is 0 Å². The van der Waals surface area contributed by atoms with E-state index in [1.165, 1.54) is 0 Å². The minimum atomic E-state index is 0.0511. The van der Waals surface area contributed by atoms with Crippen molar-refractivity contribution in [3.8, 4) is 0 Å². The molecule has 1 aromatic rings. The average molecular weight is 213 g/mol. The van der Waals surface area contributed by atoms with E-state index in [4.69, 9.17) is 5.73 Å². The zero-order valence-electron chi connectivity index (χ0n) is 9.32. The summed E-state index contributed by atoms with van der Waals surface area (Å²) in [6, 6.07) is 0.0511. The minimum absolute atomic E-state index is 0.0511. The molecule has 0 aliphatic carbocycles. The summed E-state index contributed by atoms with van der Waals surface area (Å²) in [5.41, 5.74) is 6.96. The van der Waals surface area contributed by atoms with Gasteiger partial charge in [0.1, 0.15) is 0 Å². The lowest BCUT2D eigenvalue weighted by Gasteiger charge is -2.24. The number of nitrogens with two attached hydrogens (primary N) is 1. The highest BCUT2D eigenvalue weighted by Gasteiger charge is 2.18. The van der Waals surface area contributed by atoms with Crippen molar-refractivity contribution in [1.82, 2.24) is 9.55 Å². The van der Waals surface area contributed by atoms with Crippen LogP contribution in [0.15, 0.2) is 12.5 Å². The lowest BCUT2D eigenvalue weighted by atomic mass is 10.2. The number of nitrogens with zero attached hydrogens (tertiary/aromatic N) is 2. The largest absolute Gasteiger partial charge is 0.332 e. The molecule has 0 fully saturated rings. The normalized spacial score (nSPS) is 14.4. The Kier molecular flexibility index (Phi) is 3.61. The molecule has 0 radical (unpaired) electrons. The quantitative estimate of drug-likeness (QED) is 0.832. The molecule has 0 saturated heterocycles. The number of aromatic nitrogens is 2. The van der Waals surface area contributed by atoms with Crippen molar-refractivity contribution in [3.63, 3.8) is 0 Å². The Morgan fingerprint density at radius 2 is 2.29 bits per heavy atom. The van der Waals surface area contributed by atoms with E-state index in [0.717, 1.165) is 12.2 Å². The molecule has 1 aromatic heterocycles. The second-order valence-electron chi connectivity index (χ2n) is 4.20. The van der Waals surface area contributed by atoms with Crippen molar-refractivity contribution in [2.24, 2.45) is 5.73 Å². The predicted octanol–water partition coefficient (Wildman–Crippen LogP) is 2.04. The average Bonchev–Trinajstić information content (AvgIpc) is 2.51. The maximum atomic E-state index is 5.85. The molecule has 0 bridgehead atoms. The van der Waals surface area contributed by atoms with Crippen molar-refractivity contribution < 1.29 is 0 Å². The molecule has 0 aliphatic heterocycles. The fourth-order valence-electron chi connectivity index (χ4n) is 1.32. The van der Waals surface area contributed by atoms with Crippen LogP contribution < -0.4 is 5.73 Å². The molecule has 1 heterocycles. The molecule has 0 aliphatic rings. The summed E-state index contributed by atoms with van der Waals surface area (Å²) in [6.07, 6.45) is 5.83. The van der Waals surface area contributed by atoms with Crippen LogP contribution in [0.1, 0.15) is 32.5 Å². The summed E-state index contributed by atoms with van der Waals surface area (Å²) in [7, 11) is 0. The van der Waals surface area contributed by atoms with Gasteiger partial charge in [0.2, 0.25) is 0 Å². The van der Waals surface area contributed by atoms with Gasteiger partial charge in [-0.1, -0.05) is 0 Å². The zero-order chi connectivity index (χ0) is 10.8. The molecular weight excluding hydrogens is 194 g/mol. The molecule has 1 atom stereocenters. The second-order valence-corrected chi connectivity index (χ2v) is 5.71. The van der Waals surface area contributed by atoms with Crippen LogP contribution in [0.2, 0.25) is 0 Å². The molecule has 14 heavy (non-hydrogen) atoms. The maximum Gasteiger partial charge on any atom is 0.0949 e. The smallest absolute Gasteiger partial charge is 0.0949 e. The molecule has 80 valence electrons. The highest BCUT2D eigenvalue weighted by molar-refractivity contribution is 7.99. The Labute approximate surface area is 90.1 Å². The van der Waals surface area contributed by atoms with Crippen molar-refractivity contribution in [2.45, 2.75) is 38.1 Å². The predicted molar refractivity (Wildman–Crippen MR) is 62.4 cm³/mol. The zero-order valence-corrected chi connectivity index (χ0v) is 10.1. The third kappa shape index (κ3) is 2.75. The Balaban J connectivity index is 2.81. The molecular formula is C10H19N3S. The van der Waals surface area contributed by atoms with Gasteiger partial charge < -0.3 is 10.3 Å². The van der Waals surface area contributed by atoms with Crippen LogP contribution in [0.25, 0.3) is 0 Å². The van der Waals surface area contributed by atoms with Gasteiger partial charge in [0.25, 0.3) is 0 Å². The third-order valence-corrected chi connectivity index (χ3v) is 3.55. The summed E-state index contributed by atoms with van der Waals surface area (Å²) >= 11 is 1.86. The molecule has 1 rings (SSSR count). The molecule has 0 saturated carbocycles. The molecule has 0 spiro atoms. The number of imidazole rings is 1. The van der Waals surface area contributed by atoms with E-state index in [0.29, 0.717) is 0 Å².